The summed E-state index contributed by atoms with van der Waals surface area (Å²) in [6, 6.07) is 3.47. The Morgan fingerprint density at radius 1 is 1.33 bits per heavy atom. The van der Waals surface area contributed by atoms with Gasteiger partial charge >= 0.3 is 6.03 Å². The Balaban J connectivity index is 1.64. The lowest BCUT2D eigenvalue weighted by atomic mass is 10.1. The minimum absolute atomic E-state index is 0.208. The van der Waals surface area contributed by atoms with E-state index in [1.165, 1.54) is 12.8 Å². The van der Waals surface area contributed by atoms with Crippen LogP contribution in [0.5, 0.6) is 5.75 Å². The molecule has 2 N–H and O–H groups in total. The number of rotatable bonds is 6. The number of nitrogens with one attached hydrogen (secondary N) is 2. The maximum atomic E-state index is 12.3. The van der Waals surface area contributed by atoms with E-state index in [0.29, 0.717) is 23.5 Å². The molecular formula is C17H23N5O2. The predicted octanol–water partition coefficient (Wildman–Crippen LogP) is 3.14. The van der Waals surface area contributed by atoms with Crippen molar-refractivity contribution >= 4 is 11.8 Å². The summed E-state index contributed by atoms with van der Waals surface area (Å²) in [6.07, 6.45) is 7.49. The first kappa shape index (κ1) is 16.3. The van der Waals surface area contributed by atoms with Crippen LogP contribution in [0.25, 0.3) is 0 Å². The summed E-state index contributed by atoms with van der Waals surface area (Å²) in [5.41, 5.74) is 0.877. The monoisotopic (exact) mass is 329 g/mol. The molecule has 0 aliphatic heterocycles. The second kappa shape index (κ2) is 6.90. The first-order chi connectivity index (χ1) is 11.6. The van der Waals surface area contributed by atoms with E-state index in [0.717, 1.165) is 5.56 Å². The van der Waals surface area contributed by atoms with Gasteiger partial charge in [0.2, 0.25) is 0 Å². The standard InChI is InChI=1S/C17H23N5O2/c1-11(14-6-8-18-10-15(14)24-3)20-17(23)21-16-7-9-19-22(16)12(2)13-4-5-13/h6-13H,4-5H2,1-3H3,(H2,20,21,23)/t11-,12+/m1/s1. The molecular weight excluding hydrogens is 306 g/mol. The lowest BCUT2D eigenvalue weighted by molar-refractivity contribution is 0.248. The van der Waals surface area contributed by atoms with Crippen molar-refractivity contribution in [2.24, 2.45) is 5.92 Å². The molecule has 24 heavy (non-hydrogen) atoms. The van der Waals surface area contributed by atoms with Crippen molar-refractivity contribution in [2.45, 2.75) is 38.8 Å². The lowest BCUT2D eigenvalue weighted by Crippen LogP contribution is -2.32. The van der Waals surface area contributed by atoms with E-state index in [9.17, 15) is 4.79 Å². The van der Waals surface area contributed by atoms with Crippen molar-refractivity contribution in [1.82, 2.24) is 20.1 Å². The molecule has 2 amide bonds. The topological polar surface area (TPSA) is 81.1 Å². The number of nitrogens with zero attached hydrogens (tertiary/aromatic N) is 3. The molecule has 2 aromatic heterocycles. The van der Waals surface area contributed by atoms with Gasteiger partial charge in [-0.25, -0.2) is 9.48 Å². The minimum Gasteiger partial charge on any atom is -0.495 e. The molecule has 128 valence electrons. The Kier molecular flexibility index (Phi) is 4.69. The average Bonchev–Trinajstić information content (AvgIpc) is 3.34. The summed E-state index contributed by atoms with van der Waals surface area (Å²) in [5, 5.41) is 10.1. The first-order valence-corrected chi connectivity index (χ1v) is 8.19. The van der Waals surface area contributed by atoms with Gasteiger partial charge in [0, 0.05) is 17.8 Å². The van der Waals surface area contributed by atoms with Crippen LogP contribution in [0.3, 0.4) is 0 Å². The van der Waals surface area contributed by atoms with Crippen molar-refractivity contribution < 1.29 is 9.53 Å². The molecule has 0 saturated heterocycles. The smallest absolute Gasteiger partial charge is 0.320 e. The molecule has 1 saturated carbocycles. The number of pyridine rings is 1. The zero-order valence-electron chi connectivity index (χ0n) is 14.2. The number of ether oxygens (including phenoxy) is 1. The second-order valence-corrected chi connectivity index (χ2v) is 6.18. The summed E-state index contributed by atoms with van der Waals surface area (Å²) in [5.74, 6) is 2.02. The predicted molar refractivity (Wildman–Crippen MR) is 91.0 cm³/mol. The van der Waals surface area contributed by atoms with E-state index in [1.54, 1.807) is 25.7 Å². The average molecular weight is 329 g/mol. The molecule has 3 rings (SSSR count). The molecule has 0 unspecified atom stereocenters. The zero-order valence-corrected chi connectivity index (χ0v) is 14.2. The van der Waals surface area contributed by atoms with Crippen LogP contribution in [0.15, 0.2) is 30.7 Å². The third-order valence-corrected chi connectivity index (χ3v) is 4.45. The van der Waals surface area contributed by atoms with Crippen molar-refractivity contribution in [2.75, 3.05) is 12.4 Å². The molecule has 0 spiro atoms. The van der Waals surface area contributed by atoms with Gasteiger partial charge in [0.25, 0.3) is 0 Å². The third-order valence-electron chi connectivity index (χ3n) is 4.45. The van der Waals surface area contributed by atoms with E-state index >= 15 is 0 Å². The normalized spacial score (nSPS) is 16.3. The van der Waals surface area contributed by atoms with Crippen LogP contribution in [0, 0.1) is 5.92 Å². The fourth-order valence-electron chi connectivity index (χ4n) is 2.86. The highest BCUT2D eigenvalue weighted by Crippen LogP contribution is 2.40. The van der Waals surface area contributed by atoms with Crippen LogP contribution >= 0.6 is 0 Å². The number of aromatic nitrogens is 3. The number of anilines is 1. The molecule has 1 fully saturated rings. The highest BCUT2D eigenvalue weighted by molar-refractivity contribution is 5.88. The Morgan fingerprint density at radius 3 is 2.83 bits per heavy atom. The van der Waals surface area contributed by atoms with Crippen molar-refractivity contribution in [3.8, 4) is 5.75 Å². The van der Waals surface area contributed by atoms with Gasteiger partial charge in [-0.05, 0) is 38.7 Å². The number of urea groups is 1. The lowest BCUT2D eigenvalue weighted by Gasteiger charge is -2.19. The van der Waals surface area contributed by atoms with Crippen molar-refractivity contribution in [3.63, 3.8) is 0 Å². The number of hydrogen-bond donors (Lipinski definition) is 2. The summed E-state index contributed by atoms with van der Waals surface area (Å²) in [6.45, 7) is 4.04. The number of carbonyl (C=O) groups excluding carboxylic acids is 1. The fraction of sp³-hybridized carbons (Fsp3) is 0.471. The highest BCUT2D eigenvalue weighted by Gasteiger charge is 2.30. The number of methoxy groups -OCH3 is 1. The number of hydrogen-bond acceptors (Lipinski definition) is 4. The van der Waals surface area contributed by atoms with Gasteiger partial charge in [-0.2, -0.15) is 5.10 Å². The summed E-state index contributed by atoms with van der Waals surface area (Å²) >= 11 is 0. The van der Waals surface area contributed by atoms with E-state index in [-0.39, 0.29) is 12.1 Å². The molecule has 1 aliphatic carbocycles. The molecule has 1 aliphatic rings. The Labute approximate surface area is 141 Å². The van der Waals surface area contributed by atoms with E-state index in [2.05, 4.69) is 27.6 Å². The molecule has 0 aromatic carbocycles. The summed E-state index contributed by atoms with van der Waals surface area (Å²) in [4.78, 5) is 16.4. The molecule has 0 bridgehead atoms. The van der Waals surface area contributed by atoms with Gasteiger partial charge in [0.1, 0.15) is 11.6 Å². The highest BCUT2D eigenvalue weighted by atomic mass is 16.5. The SMILES string of the molecule is COc1cnccc1[C@@H](C)NC(=O)Nc1ccnn1[C@@H](C)C1CC1. The van der Waals surface area contributed by atoms with Gasteiger partial charge < -0.3 is 10.1 Å². The van der Waals surface area contributed by atoms with E-state index < -0.39 is 0 Å². The fourth-order valence-corrected chi connectivity index (χ4v) is 2.86. The minimum atomic E-state index is -0.272. The van der Waals surface area contributed by atoms with Crippen LogP contribution in [-0.4, -0.2) is 27.9 Å². The molecule has 0 radical (unpaired) electrons. The molecule has 2 atom stereocenters. The second-order valence-electron chi connectivity index (χ2n) is 6.18. The number of carbonyl (C=O) groups is 1. The van der Waals surface area contributed by atoms with Crippen LogP contribution in [0.2, 0.25) is 0 Å². The third kappa shape index (κ3) is 3.50. The molecule has 7 nitrogen and oxygen atoms in total. The molecule has 2 aromatic rings. The van der Waals surface area contributed by atoms with Crippen LogP contribution in [0.4, 0.5) is 10.6 Å². The van der Waals surface area contributed by atoms with Gasteiger partial charge in [-0.1, -0.05) is 0 Å². The van der Waals surface area contributed by atoms with Gasteiger partial charge in [0.05, 0.1) is 31.6 Å². The molecule has 2 heterocycles. The summed E-state index contributed by atoms with van der Waals surface area (Å²) in [7, 11) is 1.59. The van der Waals surface area contributed by atoms with E-state index in [4.69, 9.17) is 4.74 Å². The van der Waals surface area contributed by atoms with Crippen LogP contribution in [0.1, 0.15) is 44.3 Å². The zero-order chi connectivity index (χ0) is 17.1. The Hall–Kier alpha value is -2.57. The largest absolute Gasteiger partial charge is 0.495 e. The van der Waals surface area contributed by atoms with Gasteiger partial charge in [0.15, 0.2) is 0 Å². The Morgan fingerprint density at radius 2 is 2.12 bits per heavy atom. The van der Waals surface area contributed by atoms with Crippen molar-refractivity contribution in [3.05, 3.63) is 36.3 Å². The maximum absolute atomic E-state index is 12.3. The van der Waals surface area contributed by atoms with E-state index in [1.807, 2.05) is 23.7 Å². The molecule has 7 heteroatoms. The Bertz CT molecular complexity index is 711. The quantitative estimate of drug-likeness (QED) is 0.853. The maximum Gasteiger partial charge on any atom is 0.320 e. The van der Waals surface area contributed by atoms with Crippen LogP contribution < -0.4 is 15.4 Å². The van der Waals surface area contributed by atoms with Crippen LogP contribution in [-0.2, 0) is 0 Å². The van der Waals surface area contributed by atoms with Gasteiger partial charge in [-0.15, -0.1) is 0 Å². The van der Waals surface area contributed by atoms with Gasteiger partial charge in [-0.3, -0.25) is 10.3 Å². The first-order valence-electron chi connectivity index (χ1n) is 8.19. The summed E-state index contributed by atoms with van der Waals surface area (Å²) < 4.78 is 7.17. The number of amides is 2. The van der Waals surface area contributed by atoms with Crippen molar-refractivity contribution in [1.29, 1.82) is 0 Å².